The second-order valence-corrected chi connectivity index (χ2v) is 4.57. The standard InChI is InChI=1S/C12H18OS/c1-8(2)10-7-11(13-4)9(3)6-12(10)14-5/h6-8H,1-5H3. The van der Waals surface area contributed by atoms with Crippen LogP contribution in [0.4, 0.5) is 0 Å². The molecule has 1 nitrogen and oxygen atoms in total. The SMILES string of the molecule is COc1cc(C(C)C)c(SC)cc1C. The number of rotatable bonds is 3. The molecule has 0 atom stereocenters. The molecule has 0 spiro atoms. The Morgan fingerprint density at radius 2 is 1.93 bits per heavy atom. The van der Waals surface area contributed by atoms with Gasteiger partial charge in [0.15, 0.2) is 0 Å². The van der Waals surface area contributed by atoms with Crippen LogP contribution in [0.1, 0.15) is 30.9 Å². The van der Waals surface area contributed by atoms with Crippen LogP contribution in [-0.2, 0) is 0 Å². The molecule has 1 aromatic rings. The average molecular weight is 210 g/mol. The summed E-state index contributed by atoms with van der Waals surface area (Å²) in [5.74, 6) is 1.54. The molecule has 0 bridgehead atoms. The molecule has 1 aromatic carbocycles. The number of thioether (sulfide) groups is 1. The summed E-state index contributed by atoms with van der Waals surface area (Å²) in [6.45, 7) is 6.51. The monoisotopic (exact) mass is 210 g/mol. The molecule has 0 aromatic heterocycles. The highest BCUT2D eigenvalue weighted by Crippen LogP contribution is 2.32. The molecule has 14 heavy (non-hydrogen) atoms. The molecule has 0 aliphatic carbocycles. The van der Waals surface area contributed by atoms with Crippen LogP contribution >= 0.6 is 11.8 Å². The Balaban J connectivity index is 3.25. The first-order chi connectivity index (χ1) is 6.60. The second-order valence-electron chi connectivity index (χ2n) is 3.72. The Morgan fingerprint density at radius 1 is 1.29 bits per heavy atom. The second kappa shape index (κ2) is 4.74. The molecule has 0 saturated carbocycles. The van der Waals surface area contributed by atoms with Crippen molar-refractivity contribution in [3.05, 3.63) is 23.3 Å². The summed E-state index contributed by atoms with van der Waals surface area (Å²) >= 11 is 1.80. The molecule has 0 aliphatic heterocycles. The van der Waals surface area contributed by atoms with Gasteiger partial charge in [-0.2, -0.15) is 0 Å². The van der Waals surface area contributed by atoms with Crippen LogP contribution < -0.4 is 4.74 Å². The first kappa shape index (κ1) is 11.4. The molecule has 0 heterocycles. The van der Waals surface area contributed by atoms with E-state index >= 15 is 0 Å². The third-order valence-electron chi connectivity index (χ3n) is 2.37. The predicted molar refractivity (Wildman–Crippen MR) is 63.6 cm³/mol. The van der Waals surface area contributed by atoms with E-state index in [2.05, 4.69) is 39.2 Å². The maximum absolute atomic E-state index is 5.33. The van der Waals surface area contributed by atoms with E-state index < -0.39 is 0 Å². The van der Waals surface area contributed by atoms with Crippen molar-refractivity contribution in [2.45, 2.75) is 31.6 Å². The Kier molecular flexibility index (Phi) is 3.87. The van der Waals surface area contributed by atoms with Crippen molar-refractivity contribution >= 4 is 11.8 Å². The molecule has 0 unspecified atom stereocenters. The number of methoxy groups -OCH3 is 1. The van der Waals surface area contributed by atoms with Gasteiger partial charge in [-0.05, 0) is 42.4 Å². The fraction of sp³-hybridized carbons (Fsp3) is 0.500. The highest BCUT2D eigenvalue weighted by molar-refractivity contribution is 7.98. The summed E-state index contributed by atoms with van der Waals surface area (Å²) in [5.41, 5.74) is 2.58. The highest BCUT2D eigenvalue weighted by Gasteiger charge is 2.09. The van der Waals surface area contributed by atoms with Crippen LogP contribution in [0.5, 0.6) is 5.75 Å². The van der Waals surface area contributed by atoms with Crippen molar-refractivity contribution < 1.29 is 4.74 Å². The third kappa shape index (κ3) is 2.24. The minimum atomic E-state index is 0.548. The summed E-state index contributed by atoms with van der Waals surface area (Å²) < 4.78 is 5.33. The van der Waals surface area contributed by atoms with E-state index in [1.54, 1.807) is 18.9 Å². The first-order valence-electron chi connectivity index (χ1n) is 4.82. The average Bonchev–Trinajstić information content (AvgIpc) is 2.16. The fourth-order valence-electron chi connectivity index (χ4n) is 1.53. The van der Waals surface area contributed by atoms with Crippen LogP contribution in [0.15, 0.2) is 17.0 Å². The van der Waals surface area contributed by atoms with Crippen molar-refractivity contribution in [1.29, 1.82) is 0 Å². The molecule has 0 saturated heterocycles. The van der Waals surface area contributed by atoms with Gasteiger partial charge in [0.1, 0.15) is 5.75 Å². The molecule has 0 aliphatic rings. The number of hydrogen-bond donors (Lipinski definition) is 0. The molecule has 0 N–H and O–H groups in total. The first-order valence-corrected chi connectivity index (χ1v) is 6.05. The van der Waals surface area contributed by atoms with E-state index in [-0.39, 0.29) is 0 Å². The zero-order valence-electron chi connectivity index (χ0n) is 9.55. The smallest absolute Gasteiger partial charge is 0.122 e. The normalized spacial score (nSPS) is 10.7. The van der Waals surface area contributed by atoms with E-state index in [0.717, 1.165) is 5.75 Å². The molecule has 0 radical (unpaired) electrons. The Morgan fingerprint density at radius 3 is 2.36 bits per heavy atom. The highest BCUT2D eigenvalue weighted by atomic mass is 32.2. The summed E-state index contributed by atoms with van der Waals surface area (Å²) in [7, 11) is 1.73. The zero-order chi connectivity index (χ0) is 10.7. The lowest BCUT2D eigenvalue weighted by molar-refractivity contribution is 0.410. The van der Waals surface area contributed by atoms with Gasteiger partial charge in [0.25, 0.3) is 0 Å². The molecule has 0 amide bonds. The minimum Gasteiger partial charge on any atom is -0.496 e. The third-order valence-corrected chi connectivity index (χ3v) is 3.16. The molecule has 78 valence electrons. The van der Waals surface area contributed by atoms with Gasteiger partial charge >= 0.3 is 0 Å². The fourth-order valence-corrected chi connectivity index (χ4v) is 2.35. The van der Waals surface area contributed by atoms with Gasteiger partial charge in [-0.3, -0.25) is 0 Å². The van der Waals surface area contributed by atoms with Crippen molar-refractivity contribution in [2.24, 2.45) is 0 Å². The van der Waals surface area contributed by atoms with E-state index in [4.69, 9.17) is 4.74 Å². The maximum atomic E-state index is 5.33. The van der Waals surface area contributed by atoms with Crippen molar-refractivity contribution in [3.63, 3.8) is 0 Å². The quantitative estimate of drug-likeness (QED) is 0.701. The van der Waals surface area contributed by atoms with Crippen LogP contribution in [0.25, 0.3) is 0 Å². The van der Waals surface area contributed by atoms with E-state index in [9.17, 15) is 0 Å². The van der Waals surface area contributed by atoms with Crippen LogP contribution in [0, 0.1) is 6.92 Å². The topological polar surface area (TPSA) is 9.23 Å². The van der Waals surface area contributed by atoms with E-state index in [1.807, 2.05) is 0 Å². The summed E-state index contributed by atoms with van der Waals surface area (Å²) in [5, 5.41) is 0. The van der Waals surface area contributed by atoms with Gasteiger partial charge < -0.3 is 4.74 Å². The van der Waals surface area contributed by atoms with E-state index in [0.29, 0.717) is 5.92 Å². The van der Waals surface area contributed by atoms with Gasteiger partial charge in [-0.1, -0.05) is 13.8 Å². The van der Waals surface area contributed by atoms with Gasteiger partial charge in [0, 0.05) is 4.90 Å². The largest absolute Gasteiger partial charge is 0.496 e. The zero-order valence-corrected chi connectivity index (χ0v) is 10.4. The number of aryl methyl sites for hydroxylation is 1. The molecular formula is C12H18OS. The lowest BCUT2D eigenvalue weighted by Crippen LogP contribution is -1.95. The molecule has 1 rings (SSSR count). The predicted octanol–water partition coefficient (Wildman–Crippen LogP) is 3.85. The van der Waals surface area contributed by atoms with Crippen LogP contribution in [0.2, 0.25) is 0 Å². The number of benzene rings is 1. The summed E-state index contributed by atoms with van der Waals surface area (Å²) in [6.07, 6.45) is 2.12. The Hall–Kier alpha value is -0.630. The van der Waals surface area contributed by atoms with Gasteiger partial charge in [0.2, 0.25) is 0 Å². The minimum absolute atomic E-state index is 0.548. The Bertz CT molecular complexity index is 318. The van der Waals surface area contributed by atoms with Gasteiger partial charge in [0.05, 0.1) is 7.11 Å². The molecular weight excluding hydrogens is 192 g/mol. The summed E-state index contributed by atoms with van der Waals surface area (Å²) in [6, 6.07) is 4.37. The summed E-state index contributed by atoms with van der Waals surface area (Å²) in [4.78, 5) is 1.36. The lowest BCUT2D eigenvalue weighted by atomic mass is 10.0. The van der Waals surface area contributed by atoms with Crippen molar-refractivity contribution in [2.75, 3.05) is 13.4 Å². The van der Waals surface area contributed by atoms with Crippen LogP contribution in [0.3, 0.4) is 0 Å². The van der Waals surface area contributed by atoms with E-state index in [1.165, 1.54) is 16.0 Å². The number of hydrogen-bond acceptors (Lipinski definition) is 2. The van der Waals surface area contributed by atoms with Crippen LogP contribution in [-0.4, -0.2) is 13.4 Å². The Labute approximate surface area is 90.9 Å². The van der Waals surface area contributed by atoms with Crippen molar-refractivity contribution in [1.82, 2.24) is 0 Å². The molecule has 0 fully saturated rings. The number of ether oxygens (including phenoxy) is 1. The van der Waals surface area contributed by atoms with Gasteiger partial charge in [-0.15, -0.1) is 11.8 Å². The van der Waals surface area contributed by atoms with Gasteiger partial charge in [-0.25, -0.2) is 0 Å². The van der Waals surface area contributed by atoms with Crippen molar-refractivity contribution in [3.8, 4) is 5.75 Å². The maximum Gasteiger partial charge on any atom is 0.122 e. The lowest BCUT2D eigenvalue weighted by Gasteiger charge is -2.14. The molecule has 2 heteroatoms.